The van der Waals surface area contributed by atoms with Crippen molar-refractivity contribution in [1.82, 2.24) is 15.4 Å². The van der Waals surface area contributed by atoms with E-state index in [1.807, 2.05) is 63.4 Å². The van der Waals surface area contributed by atoms with Gasteiger partial charge in [0, 0.05) is 24.5 Å². The number of nitrogens with zero attached hydrogens (tertiary/aromatic N) is 3. The summed E-state index contributed by atoms with van der Waals surface area (Å²) in [6.45, 7) is 11.8. The first-order valence-corrected chi connectivity index (χ1v) is 8.63. The van der Waals surface area contributed by atoms with Crippen LogP contribution in [-0.4, -0.2) is 22.2 Å². The zero-order valence-electron chi connectivity index (χ0n) is 15.6. The second-order valence-corrected chi connectivity index (χ2v) is 5.30. The molecule has 132 valence electrons. The molecule has 4 nitrogen and oxygen atoms in total. The van der Waals surface area contributed by atoms with Gasteiger partial charge in [-0.2, -0.15) is 5.10 Å². The fourth-order valence-corrected chi connectivity index (χ4v) is 2.13. The first-order chi connectivity index (χ1) is 12.2. The topological polar surface area (TPSA) is 50.2 Å². The third kappa shape index (κ3) is 6.71. The summed E-state index contributed by atoms with van der Waals surface area (Å²) in [5.74, 6) is 0.496. The van der Waals surface area contributed by atoms with Crippen LogP contribution in [0.4, 0.5) is 0 Å². The van der Waals surface area contributed by atoms with E-state index >= 15 is 0 Å². The summed E-state index contributed by atoms with van der Waals surface area (Å²) >= 11 is 0. The van der Waals surface area contributed by atoms with Crippen molar-refractivity contribution in [2.24, 2.45) is 11.0 Å². The van der Waals surface area contributed by atoms with Crippen molar-refractivity contribution in [1.29, 1.82) is 0 Å². The predicted octanol–water partition coefficient (Wildman–Crippen LogP) is 4.80. The van der Waals surface area contributed by atoms with E-state index in [0.717, 1.165) is 17.0 Å². The summed E-state index contributed by atoms with van der Waals surface area (Å²) in [5.41, 5.74) is 6.02. The zero-order valence-corrected chi connectivity index (χ0v) is 15.6. The molecule has 2 aromatic heterocycles. The van der Waals surface area contributed by atoms with E-state index in [1.54, 1.807) is 18.5 Å². The van der Waals surface area contributed by atoms with Gasteiger partial charge in [0.25, 0.3) is 0 Å². The van der Waals surface area contributed by atoms with Crippen LogP contribution in [0.3, 0.4) is 0 Å². The molecule has 2 aromatic rings. The molecule has 3 heterocycles. The Hall–Kier alpha value is -2.75. The average Bonchev–Trinajstić information content (AvgIpc) is 3.08. The molecule has 1 aliphatic rings. The minimum atomic E-state index is 0.359. The Labute approximate surface area is 151 Å². The molecule has 0 saturated carbocycles. The first kappa shape index (κ1) is 20.3. The molecule has 25 heavy (non-hydrogen) atoms. The summed E-state index contributed by atoms with van der Waals surface area (Å²) in [5, 5.41) is 3.94. The van der Waals surface area contributed by atoms with E-state index in [1.165, 1.54) is 0 Å². The summed E-state index contributed by atoms with van der Waals surface area (Å²) < 4.78 is 0. The SMILES string of the molecule is C=C/C=C\C1NN=CC1C.CC.Cc1cccnc1-c1ccccn1. The molecule has 0 amide bonds. The van der Waals surface area contributed by atoms with Crippen molar-refractivity contribution >= 4 is 6.21 Å². The number of nitrogens with one attached hydrogen (secondary N) is 1. The smallest absolute Gasteiger partial charge is 0.0915 e. The number of hydrogen-bond acceptors (Lipinski definition) is 4. The lowest BCUT2D eigenvalue weighted by Gasteiger charge is -2.07. The normalized spacial score (nSPS) is 17.8. The number of hydrazone groups is 1. The number of allylic oxidation sites excluding steroid dienone is 2. The van der Waals surface area contributed by atoms with Gasteiger partial charge in [-0.3, -0.25) is 9.97 Å². The highest BCUT2D eigenvalue weighted by atomic mass is 15.3. The molecule has 4 heteroatoms. The van der Waals surface area contributed by atoms with E-state index in [9.17, 15) is 0 Å². The van der Waals surface area contributed by atoms with Gasteiger partial charge in [-0.1, -0.05) is 57.7 Å². The monoisotopic (exact) mass is 336 g/mol. The Balaban J connectivity index is 0.000000235. The van der Waals surface area contributed by atoms with Crippen LogP contribution in [0.25, 0.3) is 11.4 Å². The summed E-state index contributed by atoms with van der Waals surface area (Å²) in [6.07, 6.45) is 11.2. The molecule has 0 bridgehead atoms. The molecule has 0 saturated heterocycles. The van der Waals surface area contributed by atoms with Crippen LogP contribution in [0.1, 0.15) is 26.3 Å². The second-order valence-electron chi connectivity index (χ2n) is 5.30. The number of aryl methyl sites for hydroxylation is 1. The molecule has 3 rings (SSSR count). The van der Waals surface area contributed by atoms with Crippen molar-refractivity contribution in [2.75, 3.05) is 0 Å². The molecule has 1 aliphatic heterocycles. The van der Waals surface area contributed by atoms with Gasteiger partial charge in [-0.15, -0.1) is 0 Å². The third-order valence-electron chi connectivity index (χ3n) is 3.47. The van der Waals surface area contributed by atoms with Crippen LogP contribution >= 0.6 is 0 Å². The van der Waals surface area contributed by atoms with E-state index in [0.29, 0.717) is 12.0 Å². The molecule has 2 atom stereocenters. The third-order valence-corrected chi connectivity index (χ3v) is 3.47. The molecule has 0 radical (unpaired) electrons. The second kappa shape index (κ2) is 11.7. The van der Waals surface area contributed by atoms with E-state index < -0.39 is 0 Å². The average molecular weight is 336 g/mol. The van der Waals surface area contributed by atoms with Gasteiger partial charge in [-0.05, 0) is 30.7 Å². The van der Waals surface area contributed by atoms with Crippen molar-refractivity contribution in [2.45, 2.75) is 33.7 Å². The molecular weight excluding hydrogens is 308 g/mol. The summed E-state index contributed by atoms with van der Waals surface area (Å²) in [7, 11) is 0. The summed E-state index contributed by atoms with van der Waals surface area (Å²) in [4.78, 5) is 8.53. The van der Waals surface area contributed by atoms with Gasteiger partial charge < -0.3 is 5.43 Å². The lowest BCUT2D eigenvalue weighted by atomic mass is 10.1. The highest BCUT2D eigenvalue weighted by molar-refractivity contribution is 5.63. The molecular formula is C21H28N4. The van der Waals surface area contributed by atoms with Crippen molar-refractivity contribution < 1.29 is 0 Å². The molecule has 0 spiro atoms. The van der Waals surface area contributed by atoms with Crippen LogP contribution in [0.5, 0.6) is 0 Å². The largest absolute Gasteiger partial charge is 0.303 e. The van der Waals surface area contributed by atoms with Gasteiger partial charge >= 0.3 is 0 Å². The fraction of sp³-hybridized carbons (Fsp3) is 0.286. The van der Waals surface area contributed by atoms with E-state index in [-0.39, 0.29) is 0 Å². The molecule has 1 N–H and O–H groups in total. The fourth-order valence-electron chi connectivity index (χ4n) is 2.13. The molecule has 2 unspecified atom stereocenters. The Bertz CT molecular complexity index is 677. The minimum absolute atomic E-state index is 0.359. The maximum Gasteiger partial charge on any atom is 0.0915 e. The Morgan fingerprint density at radius 2 is 1.84 bits per heavy atom. The lowest BCUT2D eigenvalue weighted by molar-refractivity contribution is 0.594. The Kier molecular flexibility index (Phi) is 9.53. The quantitative estimate of drug-likeness (QED) is 0.819. The lowest BCUT2D eigenvalue weighted by Crippen LogP contribution is -2.22. The zero-order chi connectivity index (χ0) is 18.5. The molecule has 0 aromatic carbocycles. The standard InChI is InChI=1S/C11H10N2.C8H12N2.C2H6/c1-9-5-4-8-13-11(9)10-6-2-3-7-12-10;1-3-4-5-8-7(2)6-9-10-8;1-2/h2-8H,1H3;3-8,10H,1H2,2H3;1-2H3/b;5-4-;. The van der Waals surface area contributed by atoms with Crippen LogP contribution < -0.4 is 5.43 Å². The number of rotatable bonds is 3. The van der Waals surface area contributed by atoms with E-state index in [4.69, 9.17) is 0 Å². The van der Waals surface area contributed by atoms with Crippen LogP contribution in [-0.2, 0) is 0 Å². The Morgan fingerprint density at radius 1 is 1.08 bits per heavy atom. The van der Waals surface area contributed by atoms with Crippen LogP contribution in [0.2, 0.25) is 0 Å². The van der Waals surface area contributed by atoms with Gasteiger partial charge in [0.15, 0.2) is 0 Å². The Morgan fingerprint density at radius 3 is 2.40 bits per heavy atom. The van der Waals surface area contributed by atoms with E-state index in [2.05, 4.69) is 40.1 Å². The highest BCUT2D eigenvalue weighted by Crippen LogP contribution is 2.16. The van der Waals surface area contributed by atoms with Crippen LogP contribution in [0.15, 0.2) is 72.6 Å². The number of pyridine rings is 2. The van der Waals surface area contributed by atoms with Crippen LogP contribution in [0, 0.1) is 12.8 Å². The molecule has 0 aliphatic carbocycles. The first-order valence-electron chi connectivity index (χ1n) is 8.63. The van der Waals surface area contributed by atoms with Crippen molar-refractivity contribution in [3.05, 3.63) is 73.1 Å². The van der Waals surface area contributed by atoms with Gasteiger partial charge in [0.05, 0.1) is 17.4 Å². The predicted molar refractivity (Wildman–Crippen MR) is 107 cm³/mol. The minimum Gasteiger partial charge on any atom is -0.303 e. The maximum absolute atomic E-state index is 4.29. The van der Waals surface area contributed by atoms with Gasteiger partial charge in [0.2, 0.25) is 0 Å². The molecule has 0 fully saturated rings. The van der Waals surface area contributed by atoms with Gasteiger partial charge in [0.1, 0.15) is 0 Å². The van der Waals surface area contributed by atoms with Crippen molar-refractivity contribution in [3.63, 3.8) is 0 Å². The van der Waals surface area contributed by atoms with Gasteiger partial charge in [-0.25, -0.2) is 0 Å². The number of aromatic nitrogens is 2. The summed E-state index contributed by atoms with van der Waals surface area (Å²) in [6, 6.07) is 10.2. The maximum atomic E-state index is 4.29. The van der Waals surface area contributed by atoms with Crippen molar-refractivity contribution in [3.8, 4) is 11.4 Å². The number of hydrogen-bond donors (Lipinski definition) is 1. The highest BCUT2D eigenvalue weighted by Gasteiger charge is 2.15.